The Morgan fingerprint density at radius 2 is 1.62 bits per heavy atom. The van der Waals surface area contributed by atoms with E-state index >= 15 is 0 Å². The van der Waals surface area contributed by atoms with Crippen LogP contribution in [0.15, 0.2) is 61.2 Å². The Morgan fingerprint density at radius 1 is 1.00 bits per heavy atom. The van der Waals surface area contributed by atoms with Crippen molar-refractivity contribution in [2.24, 2.45) is 0 Å². The van der Waals surface area contributed by atoms with Gasteiger partial charge in [-0.15, -0.1) is 0 Å². The van der Waals surface area contributed by atoms with Gasteiger partial charge < -0.3 is 20.1 Å². The minimum absolute atomic E-state index is 0.0449. The molecule has 7 heteroatoms. The molecule has 0 radical (unpaired) electrons. The first-order valence-electron chi connectivity index (χ1n) is 10.6. The zero-order valence-corrected chi connectivity index (χ0v) is 18.6. The van der Waals surface area contributed by atoms with Crippen molar-refractivity contribution in [1.82, 2.24) is 10.6 Å². The largest absolute Gasteiger partial charge is 0.445 e. The zero-order chi connectivity index (χ0) is 23.3. The van der Waals surface area contributed by atoms with E-state index in [0.29, 0.717) is 12.2 Å². The molecule has 32 heavy (non-hydrogen) atoms. The Hall–Kier alpha value is -3.45. The maximum absolute atomic E-state index is 12.7. The average Bonchev–Trinajstić information content (AvgIpc) is 2.83. The minimum Gasteiger partial charge on any atom is -0.445 e. The number of alkyl carbamates (subject to hydrolysis) is 1. The van der Waals surface area contributed by atoms with E-state index < -0.39 is 18.0 Å². The normalized spacial score (nSPS) is 11.3. The summed E-state index contributed by atoms with van der Waals surface area (Å²) in [5, 5.41) is 5.14. The van der Waals surface area contributed by atoms with E-state index in [9.17, 15) is 14.4 Å². The van der Waals surface area contributed by atoms with Gasteiger partial charge in [0.05, 0.1) is 0 Å². The van der Waals surface area contributed by atoms with Crippen molar-refractivity contribution in [3.8, 4) is 11.1 Å². The molecule has 1 atom stereocenters. The highest BCUT2D eigenvalue weighted by atomic mass is 16.5. The van der Waals surface area contributed by atoms with Crippen LogP contribution in [-0.4, -0.2) is 50.2 Å². The maximum atomic E-state index is 12.7. The summed E-state index contributed by atoms with van der Waals surface area (Å²) < 4.78 is 10.00. The number of Topliss-reactive ketones (excluding diaryl/α,β-unsaturated/α-hetero) is 1. The fourth-order valence-electron chi connectivity index (χ4n) is 2.91. The van der Waals surface area contributed by atoms with E-state index in [1.54, 1.807) is 19.1 Å². The van der Waals surface area contributed by atoms with E-state index in [2.05, 4.69) is 36.3 Å². The summed E-state index contributed by atoms with van der Waals surface area (Å²) in [6.45, 7) is 7.46. The van der Waals surface area contributed by atoms with E-state index in [-0.39, 0.29) is 25.5 Å². The molecule has 0 saturated heterocycles. The lowest BCUT2D eigenvalue weighted by Crippen LogP contribution is -2.49. The summed E-state index contributed by atoms with van der Waals surface area (Å²) in [4.78, 5) is 36.8. The van der Waals surface area contributed by atoms with E-state index in [4.69, 9.17) is 9.47 Å². The molecule has 0 bridgehead atoms. The molecular weight excluding hydrogens is 408 g/mol. The lowest BCUT2D eigenvalue weighted by atomic mass is 10.0. The molecule has 2 aromatic rings. The molecule has 0 fully saturated rings. The molecule has 2 amide bonds. The second kappa shape index (κ2) is 13.1. The fraction of sp³-hybridized carbons (Fsp3) is 0.320. The van der Waals surface area contributed by atoms with E-state index in [1.165, 1.54) is 11.6 Å². The van der Waals surface area contributed by atoms with Gasteiger partial charge >= 0.3 is 6.09 Å². The fourth-order valence-corrected chi connectivity index (χ4v) is 2.91. The molecule has 0 aliphatic heterocycles. The van der Waals surface area contributed by atoms with Crippen molar-refractivity contribution in [3.05, 3.63) is 72.3 Å². The first-order chi connectivity index (χ1) is 15.5. The predicted octanol–water partition coefficient (Wildman–Crippen LogP) is 3.53. The smallest absolute Gasteiger partial charge is 0.407 e. The highest BCUT2D eigenvalue weighted by Gasteiger charge is 2.22. The molecule has 0 aliphatic carbocycles. The molecule has 1 unspecified atom stereocenters. The van der Waals surface area contributed by atoms with Gasteiger partial charge in [-0.2, -0.15) is 0 Å². The minimum atomic E-state index is -0.952. The quantitative estimate of drug-likeness (QED) is 0.495. The summed E-state index contributed by atoms with van der Waals surface area (Å²) in [6.07, 6.45) is 1.71. The molecule has 170 valence electrons. The summed E-state index contributed by atoms with van der Waals surface area (Å²) in [5.74, 6) is -0.772. The standard InChI is InChI=1S/C25H30N2O5/c1-4-15-32-25(30)26-16-22(23(28)17-31-6-3)27-24(29)21-13-11-20(12-14-21)19-9-7-18(5-2)8-10-19/h4,7-14,22H,1,5-6,15-17H2,2-3H3,(H,26,30)(H,27,29). The maximum Gasteiger partial charge on any atom is 0.407 e. The molecule has 0 saturated carbocycles. The highest BCUT2D eigenvalue weighted by Crippen LogP contribution is 2.20. The van der Waals surface area contributed by atoms with Crippen LogP contribution in [0.5, 0.6) is 0 Å². The van der Waals surface area contributed by atoms with Gasteiger partial charge in [0, 0.05) is 18.7 Å². The Balaban J connectivity index is 2.05. The number of amides is 2. The summed E-state index contributed by atoms with van der Waals surface area (Å²) in [5.41, 5.74) is 3.71. The number of aryl methyl sites for hydroxylation is 1. The zero-order valence-electron chi connectivity index (χ0n) is 18.6. The molecule has 0 aromatic heterocycles. The molecule has 0 aliphatic rings. The van der Waals surface area contributed by atoms with Crippen LogP contribution in [0.1, 0.15) is 29.8 Å². The Kier molecular flexibility index (Phi) is 10.1. The molecule has 2 N–H and O–H groups in total. The van der Waals surface area contributed by atoms with Crippen LogP contribution in [0, 0.1) is 0 Å². The number of benzene rings is 2. The van der Waals surface area contributed by atoms with Crippen molar-refractivity contribution in [1.29, 1.82) is 0 Å². The molecular formula is C25H30N2O5. The van der Waals surface area contributed by atoms with Gasteiger partial charge in [-0.1, -0.05) is 56.0 Å². The summed E-state index contributed by atoms with van der Waals surface area (Å²) in [6, 6.07) is 14.4. The summed E-state index contributed by atoms with van der Waals surface area (Å²) >= 11 is 0. The SMILES string of the molecule is C=CCOC(=O)NCC(NC(=O)c1ccc(-c2ccc(CC)cc2)cc1)C(=O)COCC. The van der Waals surface area contributed by atoms with Gasteiger partial charge in [-0.25, -0.2) is 4.79 Å². The van der Waals surface area contributed by atoms with E-state index in [0.717, 1.165) is 17.5 Å². The molecule has 0 heterocycles. The van der Waals surface area contributed by atoms with Crippen LogP contribution in [0.4, 0.5) is 4.79 Å². The number of ketones is 1. The van der Waals surface area contributed by atoms with Crippen molar-refractivity contribution < 1.29 is 23.9 Å². The lowest BCUT2D eigenvalue weighted by molar-refractivity contribution is -0.125. The number of rotatable bonds is 12. The Bertz CT molecular complexity index is 907. The second-order valence-electron chi connectivity index (χ2n) is 7.03. The van der Waals surface area contributed by atoms with Gasteiger partial charge in [0.2, 0.25) is 0 Å². The number of nitrogens with one attached hydrogen (secondary N) is 2. The Labute approximate surface area is 188 Å². The van der Waals surface area contributed by atoms with Crippen LogP contribution in [0.2, 0.25) is 0 Å². The van der Waals surface area contributed by atoms with Crippen LogP contribution in [0.3, 0.4) is 0 Å². The second-order valence-corrected chi connectivity index (χ2v) is 7.03. The third-order valence-corrected chi connectivity index (χ3v) is 4.77. The predicted molar refractivity (Wildman–Crippen MR) is 124 cm³/mol. The number of ether oxygens (including phenoxy) is 2. The van der Waals surface area contributed by atoms with Crippen LogP contribution >= 0.6 is 0 Å². The summed E-state index contributed by atoms with van der Waals surface area (Å²) in [7, 11) is 0. The Morgan fingerprint density at radius 3 is 2.19 bits per heavy atom. The highest BCUT2D eigenvalue weighted by molar-refractivity contribution is 5.98. The van der Waals surface area contributed by atoms with Crippen LogP contribution < -0.4 is 10.6 Å². The van der Waals surface area contributed by atoms with Gasteiger partial charge in [0.25, 0.3) is 5.91 Å². The number of hydrogen-bond donors (Lipinski definition) is 2. The average molecular weight is 439 g/mol. The van der Waals surface area contributed by atoms with Crippen LogP contribution in [0.25, 0.3) is 11.1 Å². The van der Waals surface area contributed by atoms with Crippen molar-refractivity contribution in [3.63, 3.8) is 0 Å². The molecule has 2 rings (SSSR count). The van der Waals surface area contributed by atoms with Gasteiger partial charge in [-0.05, 0) is 42.2 Å². The van der Waals surface area contributed by atoms with Crippen LogP contribution in [-0.2, 0) is 20.7 Å². The molecule has 7 nitrogen and oxygen atoms in total. The van der Waals surface area contributed by atoms with Gasteiger partial charge in [0.15, 0.2) is 5.78 Å². The first kappa shape index (κ1) is 24.8. The first-order valence-corrected chi connectivity index (χ1v) is 10.6. The number of carbonyl (C=O) groups is 3. The number of carbonyl (C=O) groups excluding carboxylic acids is 3. The van der Waals surface area contributed by atoms with Crippen molar-refractivity contribution in [2.45, 2.75) is 26.3 Å². The third kappa shape index (κ3) is 7.67. The molecule has 2 aromatic carbocycles. The van der Waals surface area contributed by atoms with E-state index in [1.807, 2.05) is 24.3 Å². The number of hydrogen-bond acceptors (Lipinski definition) is 5. The molecule has 0 spiro atoms. The van der Waals surface area contributed by atoms with Gasteiger partial charge in [-0.3, -0.25) is 9.59 Å². The topological polar surface area (TPSA) is 93.7 Å². The van der Waals surface area contributed by atoms with Crippen molar-refractivity contribution >= 4 is 17.8 Å². The third-order valence-electron chi connectivity index (χ3n) is 4.77. The monoisotopic (exact) mass is 438 g/mol. The van der Waals surface area contributed by atoms with Crippen molar-refractivity contribution in [2.75, 3.05) is 26.4 Å². The lowest BCUT2D eigenvalue weighted by Gasteiger charge is -2.18. The van der Waals surface area contributed by atoms with Gasteiger partial charge in [0.1, 0.15) is 19.3 Å².